The molecule has 3 aromatic rings. The monoisotopic (exact) mass is 534 g/mol. The zero-order chi connectivity index (χ0) is 27.7. The Bertz CT molecular complexity index is 1200. The maximum absolute atomic E-state index is 13.8. The lowest BCUT2D eigenvalue weighted by molar-refractivity contribution is -0.142. The number of nitrogens with one attached hydrogen (secondary N) is 1. The van der Waals surface area contributed by atoms with Crippen molar-refractivity contribution in [1.82, 2.24) is 10.2 Å². The van der Waals surface area contributed by atoms with E-state index in [-0.39, 0.29) is 36.3 Å². The number of rotatable bonds is 11. The van der Waals surface area contributed by atoms with E-state index in [1.807, 2.05) is 86.6 Å². The molecule has 0 heterocycles. The van der Waals surface area contributed by atoms with Gasteiger partial charge in [-0.25, -0.2) is 0 Å². The van der Waals surface area contributed by atoms with E-state index in [0.717, 1.165) is 16.7 Å². The van der Waals surface area contributed by atoms with Crippen LogP contribution in [0.2, 0.25) is 5.02 Å². The third-order valence-corrected chi connectivity index (χ3v) is 6.48. The maximum atomic E-state index is 13.8. The van der Waals surface area contributed by atoms with Crippen LogP contribution in [0.1, 0.15) is 51.3 Å². The summed E-state index contributed by atoms with van der Waals surface area (Å²) in [6.45, 7) is 11.0. The molecule has 5 nitrogen and oxygen atoms in total. The highest BCUT2D eigenvalue weighted by atomic mass is 35.5. The van der Waals surface area contributed by atoms with E-state index in [2.05, 4.69) is 26.1 Å². The van der Waals surface area contributed by atoms with Crippen molar-refractivity contribution in [2.75, 3.05) is 13.2 Å². The summed E-state index contributed by atoms with van der Waals surface area (Å²) >= 11 is 6.26. The van der Waals surface area contributed by atoms with Crippen LogP contribution in [0.5, 0.6) is 5.75 Å². The zero-order valence-electron chi connectivity index (χ0n) is 23.0. The van der Waals surface area contributed by atoms with Crippen LogP contribution in [0.25, 0.3) is 0 Å². The van der Waals surface area contributed by atoms with E-state index in [4.69, 9.17) is 16.3 Å². The summed E-state index contributed by atoms with van der Waals surface area (Å²) in [5.41, 5.74) is 2.69. The molecule has 0 fully saturated rings. The van der Waals surface area contributed by atoms with E-state index in [9.17, 15) is 9.59 Å². The smallest absolute Gasteiger partial charge is 0.261 e. The van der Waals surface area contributed by atoms with Gasteiger partial charge in [-0.1, -0.05) is 107 Å². The summed E-state index contributed by atoms with van der Waals surface area (Å²) in [7, 11) is 0. The second-order valence-electron chi connectivity index (χ2n) is 11.0. The molecule has 0 saturated carbocycles. The molecular weight excluding hydrogens is 496 g/mol. The number of benzene rings is 3. The lowest BCUT2D eigenvalue weighted by atomic mass is 9.86. The molecule has 0 bridgehead atoms. The fraction of sp³-hybridized carbons (Fsp3) is 0.375. The van der Waals surface area contributed by atoms with Gasteiger partial charge in [0.1, 0.15) is 11.8 Å². The van der Waals surface area contributed by atoms with E-state index in [0.29, 0.717) is 23.7 Å². The Morgan fingerprint density at radius 1 is 0.921 bits per heavy atom. The number of amides is 2. The van der Waals surface area contributed by atoms with Crippen molar-refractivity contribution in [1.29, 1.82) is 0 Å². The van der Waals surface area contributed by atoms with Crippen LogP contribution in [0.4, 0.5) is 0 Å². The molecule has 3 rings (SSSR count). The molecule has 3 aromatic carbocycles. The average molecular weight is 535 g/mol. The van der Waals surface area contributed by atoms with Gasteiger partial charge in [0.15, 0.2) is 6.61 Å². The quantitative estimate of drug-likeness (QED) is 0.308. The zero-order valence-corrected chi connectivity index (χ0v) is 23.8. The van der Waals surface area contributed by atoms with Gasteiger partial charge < -0.3 is 15.0 Å². The minimum absolute atomic E-state index is 0.146. The van der Waals surface area contributed by atoms with Crippen LogP contribution >= 0.6 is 11.6 Å². The first-order valence-electron chi connectivity index (χ1n) is 13.1. The molecule has 0 aromatic heterocycles. The van der Waals surface area contributed by atoms with E-state index in [1.165, 1.54) is 0 Å². The van der Waals surface area contributed by atoms with E-state index in [1.54, 1.807) is 11.0 Å². The van der Waals surface area contributed by atoms with E-state index >= 15 is 0 Å². The van der Waals surface area contributed by atoms with Crippen molar-refractivity contribution < 1.29 is 14.3 Å². The number of nitrogens with zero attached hydrogens (tertiary/aromatic N) is 1. The van der Waals surface area contributed by atoms with Gasteiger partial charge in [0, 0.05) is 24.5 Å². The Hall–Kier alpha value is -3.31. The first-order chi connectivity index (χ1) is 18.0. The second kappa shape index (κ2) is 13.5. The fourth-order valence-corrected chi connectivity index (χ4v) is 4.46. The van der Waals surface area contributed by atoms with Gasteiger partial charge in [-0.3, -0.25) is 9.59 Å². The van der Waals surface area contributed by atoms with Gasteiger partial charge in [0.2, 0.25) is 5.91 Å². The van der Waals surface area contributed by atoms with Crippen molar-refractivity contribution in [3.63, 3.8) is 0 Å². The fourth-order valence-electron chi connectivity index (χ4n) is 4.24. The summed E-state index contributed by atoms with van der Waals surface area (Å²) in [5.74, 6) is 0.493. The summed E-state index contributed by atoms with van der Waals surface area (Å²) < 4.78 is 6.10. The molecule has 38 heavy (non-hydrogen) atoms. The predicted molar refractivity (Wildman–Crippen MR) is 154 cm³/mol. The Kier molecular flexibility index (Phi) is 10.4. The minimum atomic E-state index is -0.718. The van der Waals surface area contributed by atoms with Crippen molar-refractivity contribution in [3.8, 4) is 5.75 Å². The van der Waals surface area contributed by atoms with Crippen LogP contribution in [-0.4, -0.2) is 35.9 Å². The molecular formula is C32H39ClN2O3. The van der Waals surface area contributed by atoms with Crippen molar-refractivity contribution >= 4 is 23.4 Å². The van der Waals surface area contributed by atoms with Crippen LogP contribution in [0, 0.1) is 5.92 Å². The molecule has 1 atom stereocenters. The van der Waals surface area contributed by atoms with Crippen LogP contribution < -0.4 is 10.1 Å². The number of hydrogen-bond donors (Lipinski definition) is 1. The Labute approximate surface area is 232 Å². The standard InChI is InChI=1S/C32H39ClN2O3/c1-23(2)20-34-31(37)28(19-24-12-7-6-8-13-24)35(21-25-14-11-15-26(33)18-25)30(36)22-38-29-17-10-9-16-27(29)32(3,4)5/h6-18,23,28H,19-22H2,1-5H3,(H,34,37). The number of para-hydroxylation sites is 1. The third kappa shape index (κ3) is 8.63. The molecule has 0 aliphatic rings. The first kappa shape index (κ1) is 29.2. The van der Waals surface area contributed by atoms with Gasteiger partial charge in [0.05, 0.1) is 0 Å². The highest BCUT2D eigenvalue weighted by molar-refractivity contribution is 6.30. The number of carbonyl (C=O) groups is 2. The Morgan fingerprint density at radius 2 is 1.58 bits per heavy atom. The number of ether oxygens (including phenoxy) is 1. The van der Waals surface area contributed by atoms with Gasteiger partial charge >= 0.3 is 0 Å². The van der Waals surface area contributed by atoms with Gasteiger partial charge in [-0.15, -0.1) is 0 Å². The van der Waals surface area contributed by atoms with Crippen molar-refractivity contribution in [3.05, 3.63) is 101 Å². The van der Waals surface area contributed by atoms with Crippen molar-refractivity contribution in [2.45, 2.75) is 59.0 Å². The minimum Gasteiger partial charge on any atom is -0.483 e. The molecule has 2 amide bonds. The van der Waals surface area contributed by atoms with E-state index < -0.39 is 6.04 Å². The van der Waals surface area contributed by atoms with Gasteiger partial charge in [-0.2, -0.15) is 0 Å². The summed E-state index contributed by atoms with van der Waals surface area (Å²) in [4.78, 5) is 29.0. The van der Waals surface area contributed by atoms with Gasteiger partial charge in [0.25, 0.3) is 5.91 Å². The van der Waals surface area contributed by atoms with Crippen molar-refractivity contribution in [2.24, 2.45) is 5.92 Å². The Balaban J connectivity index is 1.94. The van der Waals surface area contributed by atoms with Crippen LogP contribution in [0.3, 0.4) is 0 Å². The number of halogens is 1. The molecule has 0 spiro atoms. The predicted octanol–water partition coefficient (Wildman–Crippen LogP) is 6.43. The molecule has 1 unspecified atom stereocenters. The summed E-state index contributed by atoms with van der Waals surface area (Å²) in [5, 5.41) is 3.62. The van der Waals surface area contributed by atoms with Gasteiger partial charge in [-0.05, 0) is 46.2 Å². The lowest BCUT2D eigenvalue weighted by Gasteiger charge is -2.32. The highest BCUT2D eigenvalue weighted by Crippen LogP contribution is 2.31. The molecule has 1 N–H and O–H groups in total. The molecule has 0 radical (unpaired) electrons. The highest BCUT2D eigenvalue weighted by Gasteiger charge is 2.31. The van der Waals surface area contributed by atoms with Crippen LogP contribution in [0.15, 0.2) is 78.9 Å². The molecule has 0 aliphatic carbocycles. The SMILES string of the molecule is CC(C)CNC(=O)C(Cc1ccccc1)N(Cc1cccc(Cl)c1)C(=O)COc1ccccc1C(C)(C)C. The molecule has 6 heteroatoms. The largest absolute Gasteiger partial charge is 0.483 e. The topological polar surface area (TPSA) is 58.6 Å². The third-order valence-electron chi connectivity index (χ3n) is 6.24. The first-order valence-corrected chi connectivity index (χ1v) is 13.5. The van der Waals surface area contributed by atoms with Crippen LogP contribution in [-0.2, 0) is 28.0 Å². The molecule has 202 valence electrons. The number of carbonyl (C=O) groups excluding carboxylic acids is 2. The lowest BCUT2D eigenvalue weighted by Crippen LogP contribution is -2.52. The summed E-state index contributed by atoms with van der Waals surface area (Å²) in [6, 6.07) is 24.2. The summed E-state index contributed by atoms with van der Waals surface area (Å²) in [6.07, 6.45) is 0.385. The average Bonchev–Trinajstić information content (AvgIpc) is 2.88. The number of hydrogen-bond acceptors (Lipinski definition) is 3. The Morgan fingerprint density at radius 3 is 2.24 bits per heavy atom. The molecule has 0 aliphatic heterocycles. The normalized spacial score (nSPS) is 12.2. The maximum Gasteiger partial charge on any atom is 0.261 e. The molecule has 0 saturated heterocycles. The second-order valence-corrected chi connectivity index (χ2v) is 11.5.